The number of halogens is 2. The van der Waals surface area contributed by atoms with Crippen molar-refractivity contribution >= 4 is 35.0 Å². The van der Waals surface area contributed by atoms with E-state index in [1.54, 1.807) is 17.2 Å². The Hall–Kier alpha value is -2.24. The van der Waals surface area contributed by atoms with E-state index in [-0.39, 0.29) is 19.0 Å². The Bertz CT molecular complexity index is 733. The first-order chi connectivity index (χ1) is 13.0. The van der Waals surface area contributed by atoms with Crippen LogP contribution in [-0.4, -0.2) is 46.1 Å². The van der Waals surface area contributed by atoms with Crippen molar-refractivity contribution in [3.05, 3.63) is 72.7 Å². The first-order valence-corrected chi connectivity index (χ1v) is 9.40. The minimum absolute atomic E-state index is 0.129. The monoisotopic (exact) mass is 408 g/mol. The highest BCUT2D eigenvalue weighted by Gasteiger charge is 2.24. The van der Waals surface area contributed by atoms with Crippen LogP contribution in [0, 0.1) is 0 Å². The molecule has 0 aliphatic heterocycles. The average molecular weight is 409 g/mol. The molecule has 7 heteroatoms. The van der Waals surface area contributed by atoms with Gasteiger partial charge in [-0.15, -0.1) is 6.58 Å². The van der Waals surface area contributed by atoms with Gasteiger partial charge in [-0.3, -0.25) is 9.59 Å². The minimum atomic E-state index is -1.22. The molecule has 0 saturated heterocycles. The summed E-state index contributed by atoms with van der Waals surface area (Å²) in [7, 11) is 0. The molecular weight excluding hydrogens is 387 g/mol. The van der Waals surface area contributed by atoms with Crippen LogP contribution in [0.25, 0.3) is 0 Å². The largest absolute Gasteiger partial charge is 0.467 e. The third-order valence-electron chi connectivity index (χ3n) is 3.97. The minimum Gasteiger partial charge on any atom is -0.467 e. The molecule has 0 aliphatic carbocycles. The molecule has 1 aromatic heterocycles. The van der Waals surface area contributed by atoms with Gasteiger partial charge in [0.2, 0.25) is 5.91 Å². The number of hydrogen-bond donors (Lipinski definition) is 0. The van der Waals surface area contributed by atoms with Crippen LogP contribution >= 0.6 is 23.2 Å². The molecule has 0 saturated carbocycles. The normalized spacial score (nSPS) is 10.6. The highest BCUT2D eigenvalue weighted by molar-refractivity contribution is 6.53. The second-order valence-corrected chi connectivity index (χ2v) is 7.03. The Morgan fingerprint density at radius 3 is 2.44 bits per heavy atom. The summed E-state index contributed by atoms with van der Waals surface area (Å²) in [5.74, 6) is -0.0651. The van der Waals surface area contributed by atoms with E-state index in [4.69, 9.17) is 27.6 Å². The van der Waals surface area contributed by atoms with Gasteiger partial charge in [-0.25, -0.2) is 0 Å². The number of benzene rings is 1. The van der Waals surface area contributed by atoms with Gasteiger partial charge in [0.25, 0.3) is 5.91 Å². The van der Waals surface area contributed by atoms with Crippen LogP contribution < -0.4 is 0 Å². The van der Waals surface area contributed by atoms with Crippen molar-refractivity contribution in [2.45, 2.75) is 17.8 Å². The summed E-state index contributed by atoms with van der Waals surface area (Å²) in [5.41, 5.74) is 1.12. The molecule has 2 aromatic rings. The van der Waals surface area contributed by atoms with Crippen LogP contribution in [0.1, 0.15) is 11.3 Å². The zero-order chi connectivity index (χ0) is 19.6. The van der Waals surface area contributed by atoms with E-state index in [2.05, 4.69) is 6.58 Å². The van der Waals surface area contributed by atoms with E-state index in [0.29, 0.717) is 25.3 Å². The van der Waals surface area contributed by atoms with Crippen LogP contribution in [0.4, 0.5) is 0 Å². The molecule has 2 amide bonds. The van der Waals surface area contributed by atoms with Gasteiger partial charge in [0.1, 0.15) is 12.3 Å². The van der Waals surface area contributed by atoms with Crippen molar-refractivity contribution in [3.8, 4) is 0 Å². The standard InChI is InChI=1S/C20H22Cl2N2O3/c1-2-11-24(20(26)19(21)22)15-18(25)23(14-17-9-6-13-27-17)12-10-16-7-4-3-5-8-16/h2-9,13,19H,1,10-12,14-15H2. The molecule has 0 aliphatic rings. The zero-order valence-corrected chi connectivity index (χ0v) is 16.4. The van der Waals surface area contributed by atoms with E-state index in [1.807, 2.05) is 36.4 Å². The summed E-state index contributed by atoms with van der Waals surface area (Å²) >= 11 is 11.4. The quantitative estimate of drug-likeness (QED) is 0.445. The van der Waals surface area contributed by atoms with Crippen LogP contribution in [-0.2, 0) is 22.6 Å². The number of amides is 2. The topological polar surface area (TPSA) is 53.8 Å². The Morgan fingerprint density at radius 1 is 1.11 bits per heavy atom. The Morgan fingerprint density at radius 2 is 1.85 bits per heavy atom. The summed E-state index contributed by atoms with van der Waals surface area (Å²) in [6.07, 6.45) is 3.78. The lowest BCUT2D eigenvalue weighted by atomic mass is 10.1. The van der Waals surface area contributed by atoms with Gasteiger partial charge in [0.05, 0.1) is 12.8 Å². The third-order valence-corrected chi connectivity index (χ3v) is 4.34. The van der Waals surface area contributed by atoms with Crippen molar-refractivity contribution in [3.63, 3.8) is 0 Å². The average Bonchev–Trinajstić information content (AvgIpc) is 3.18. The number of carbonyl (C=O) groups is 2. The second kappa shape index (κ2) is 10.8. The number of furan rings is 1. The van der Waals surface area contributed by atoms with Gasteiger partial charge in [-0.05, 0) is 24.1 Å². The van der Waals surface area contributed by atoms with Crippen molar-refractivity contribution in [1.82, 2.24) is 9.80 Å². The number of rotatable bonds is 10. The lowest BCUT2D eigenvalue weighted by Crippen LogP contribution is -2.45. The fourth-order valence-corrected chi connectivity index (χ4v) is 2.86. The highest BCUT2D eigenvalue weighted by Crippen LogP contribution is 2.11. The van der Waals surface area contributed by atoms with E-state index in [1.165, 1.54) is 11.0 Å². The zero-order valence-electron chi connectivity index (χ0n) is 14.9. The van der Waals surface area contributed by atoms with Crippen LogP contribution in [0.5, 0.6) is 0 Å². The van der Waals surface area contributed by atoms with Gasteiger partial charge in [-0.1, -0.05) is 59.6 Å². The lowest BCUT2D eigenvalue weighted by molar-refractivity contribution is -0.139. The van der Waals surface area contributed by atoms with E-state index >= 15 is 0 Å². The number of hydrogen-bond acceptors (Lipinski definition) is 3. The summed E-state index contributed by atoms with van der Waals surface area (Å²) in [6.45, 7) is 4.48. The van der Waals surface area contributed by atoms with Crippen molar-refractivity contribution < 1.29 is 14.0 Å². The Balaban J connectivity index is 2.08. The maximum absolute atomic E-state index is 12.9. The number of alkyl halides is 2. The molecule has 0 spiro atoms. The third kappa shape index (κ3) is 6.77. The SMILES string of the molecule is C=CCN(CC(=O)N(CCc1ccccc1)Cc1ccco1)C(=O)C(Cl)Cl. The predicted octanol–water partition coefficient (Wildman–Crippen LogP) is 3.67. The smallest absolute Gasteiger partial charge is 0.256 e. The lowest BCUT2D eigenvalue weighted by Gasteiger charge is -2.27. The molecule has 144 valence electrons. The first kappa shape index (κ1) is 21.1. The summed E-state index contributed by atoms with van der Waals surface area (Å²) in [6, 6.07) is 13.5. The number of nitrogens with zero attached hydrogens (tertiary/aromatic N) is 2. The van der Waals surface area contributed by atoms with Gasteiger partial charge in [-0.2, -0.15) is 0 Å². The second-order valence-electron chi connectivity index (χ2n) is 5.94. The van der Waals surface area contributed by atoms with E-state index in [9.17, 15) is 9.59 Å². The van der Waals surface area contributed by atoms with Gasteiger partial charge >= 0.3 is 0 Å². The Kier molecular flexibility index (Phi) is 8.43. The molecule has 0 unspecified atom stereocenters. The maximum atomic E-state index is 12.9. The van der Waals surface area contributed by atoms with Gasteiger partial charge < -0.3 is 14.2 Å². The molecule has 27 heavy (non-hydrogen) atoms. The van der Waals surface area contributed by atoms with Crippen molar-refractivity contribution in [2.24, 2.45) is 0 Å². The molecule has 0 N–H and O–H groups in total. The molecule has 0 radical (unpaired) electrons. The number of carbonyl (C=O) groups excluding carboxylic acids is 2. The molecule has 1 heterocycles. The molecule has 0 fully saturated rings. The summed E-state index contributed by atoms with van der Waals surface area (Å²) in [5, 5.41) is 0. The molecule has 0 atom stereocenters. The fraction of sp³-hybridized carbons (Fsp3) is 0.300. The molecule has 0 bridgehead atoms. The van der Waals surface area contributed by atoms with Crippen molar-refractivity contribution in [2.75, 3.05) is 19.6 Å². The van der Waals surface area contributed by atoms with E-state index < -0.39 is 10.7 Å². The molecule has 5 nitrogen and oxygen atoms in total. The first-order valence-electron chi connectivity index (χ1n) is 8.53. The van der Waals surface area contributed by atoms with Crippen LogP contribution in [0.2, 0.25) is 0 Å². The summed E-state index contributed by atoms with van der Waals surface area (Å²) in [4.78, 5) is 26.7. The predicted molar refractivity (Wildman–Crippen MR) is 107 cm³/mol. The maximum Gasteiger partial charge on any atom is 0.256 e. The van der Waals surface area contributed by atoms with Crippen molar-refractivity contribution in [1.29, 1.82) is 0 Å². The van der Waals surface area contributed by atoms with Gasteiger partial charge in [0.15, 0.2) is 4.84 Å². The fourth-order valence-electron chi connectivity index (χ4n) is 2.58. The molecule has 2 rings (SSSR count). The van der Waals surface area contributed by atoms with Crippen LogP contribution in [0.15, 0.2) is 65.8 Å². The van der Waals surface area contributed by atoms with Crippen LogP contribution in [0.3, 0.4) is 0 Å². The highest BCUT2D eigenvalue weighted by atomic mass is 35.5. The van der Waals surface area contributed by atoms with E-state index in [0.717, 1.165) is 5.56 Å². The van der Waals surface area contributed by atoms with Gasteiger partial charge in [0, 0.05) is 13.1 Å². The molecular formula is C20H22Cl2N2O3. The summed E-state index contributed by atoms with van der Waals surface area (Å²) < 4.78 is 5.37. The molecule has 1 aromatic carbocycles. The Labute approximate surface area is 169 Å².